The second kappa shape index (κ2) is 5.61. The van der Waals surface area contributed by atoms with Crippen LogP contribution in [0.3, 0.4) is 0 Å². The van der Waals surface area contributed by atoms with Crippen LogP contribution < -0.4 is 5.32 Å². The number of rotatable bonds is 3. The van der Waals surface area contributed by atoms with Crippen LogP contribution in [0, 0.1) is 0 Å². The maximum atomic E-state index is 11.3. The normalized spacial score (nSPS) is 11.9. The predicted molar refractivity (Wildman–Crippen MR) is 61.3 cm³/mol. The second-order valence-corrected chi connectivity index (χ2v) is 3.64. The lowest BCUT2D eigenvalue weighted by molar-refractivity contribution is 0.118. The number of benzene rings is 1. The molecule has 1 amide bonds. The number of nitrogens with one attached hydrogen (secondary N) is 1. The molecule has 3 nitrogen and oxygen atoms in total. The summed E-state index contributed by atoms with van der Waals surface area (Å²) in [4.78, 5) is 11.3. The minimum atomic E-state index is -0.475. The van der Waals surface area contributed by atoms with Crippen molar-refractivity contribution in [1.82, 2.24) is 0 Å². The fourth-order valence-corrected chi connectivity index (χ4v) is 1.15. The molecule has 0 aromatic heterocycles. The molecule has 0 fully saturated rings. The van der Waals surface area contributed by atoms with Crippen molar-refractivity contribution >= 4 is 23.4 Å². The lowest BCUT2D eigenvalue weighted by Crippen LogP contribution is -2.19. The summed E-state index contributed by atoms with van der Waals surface area (Å²) in [5.41, 5.74) is 0.562. The van der Waals surface area contributed by atoms with Crippen molar-refractivity contribution in [1.29, 1.82) is 0 Å². The van der Waals surface area contributed by atoms with E-state index in [0.717, 1.165) is 6.42 Å². The number of carbonyl (C=O) groups is 1. The van der Waals surface area contributed by atoms with Crippen molar-refractivity contribution in [3.63, 3.8) is 0 Å². The Labute approximate surface area is 94.4 Å². The summed E-state index contributed by atoms with van der Waals surface area (Å²) in [5.74, 6) is 0. The van der Waals surface area contributed by atoms with E-state index in [-0.39, 0.29) is 6.10 Å². The standard InChI is InChI=1S/C11H14ClNO2/c1-3-8(2)15-11(14)13-10-7-5-4-6-9(10)12/h4-8H,3H2,1-2H3,(H,13,14)/t8-/m1/s1. The van der Waals surface area contributed by atoms with E-state index in [2.05, 4.69) is 5.32 Å². The van der Waals surface area contributed by atoms with E-state index in [1.54, 1.807) is 24.3 Å². The van der Waals surface area contributed by atoms with Crippen molar-refractivity contribution in [3.8, 4) is 0 Å². The van der Waals surface area contributed by atoms with Crippen molar-refractivity contribution in [3.05, 3.63) is 29.3 Å². The van der Waals surface area contributed by atoms with Gasteiger partial charge in [-0.25, -0.2) is 4.79 Å². The van der Waals surface area contributed by atoms with Gasteiger partial charge in [-0.1, -0.05) is 30.7 Å². The number of halogens is 1. The number of carbonyl (C=O) groups excluding carboxylic acids is 1. The fourth-order valence-electron chi connectivity index (χ4n) is 0.968. The minimum absolute atomic E-state index is 0.0903. The highest BCUT2D eigenvalue weighted by molar-refractivity contribution is 6.33. The Hall–Kier alpha value is -1.22. The van der Waals surface area contributed by atoms with Gasteiger partial charge in [-0.2, -0.15) is 0 Å². The van der Waals surface area contributed by atoms with Crippen LogP contribution in [-0.2, 0) is 4.74 Å². The van der Waals surface area contributed by atoms with Gasteiger partial charge in [-0.15, -0.1) is 0 Å². The first-order valence-corrected chi connectivity index (χ1v) is 5.23. The van der Waals surface area contributed by atoms with Gasteiger partial charge in [0.05, 0.1) is 10.7 Å². The number of ether oxygens (including phenoxy) is 1. The zero-order valence-electron chi connectivity index (χ0n) is 8.79. The molecule has 4 heteroatoms. The van der Waals surface area contributed by atoms with Crippen LogP contribution in [0.15, 0.2) is 24.3 Å². The third-order valence-corrected chi connectivity index (χ3v) is 2.32. The Morgan fingerprint density at radius 1 is 1.53 bits per heavy atom. The average molecular weight is 228 g/mol. The Morgan fingerprint density at radius 2 is 2.20 bits per heavy atom. The zero-order chi connectivity index (χ0) is 11.3. The molecule has 0 aliphatic rings. The highest BCUT2D eigenvalue weighted by atomic mass is 35.5. The summed E-state index contributed by atoms with van der Waals surface area (Å²) in [6.45, 7) is 3.79. The van der Waals surface area contributed by atoms with Crippen molar-refractivity contribution in [2.75, 3.05) is 5.32 Å². The van der Waals surface area contributed by atoms with Gasteiger partial charge >= 0.3 is 6.09 Å². The average Bonchev–Trinajstić information content (AvgIpc) is 2.21. The van der Waals surface area contributed by atoms with Gasteiger partial charge in [0.15, 0.2) is 0 Å². The maximum absolute atomic E-state index is 11.3. The molecule has 0 bridgehead atoms. The molecule has 0 unspecified atom stereocenters. The lowest BCUT2D eigenvalue weighted by Gasteiger charge is -2.12. The number of amides is 1. The Balaban J connectivity index is 2.55. The molecule has 1 rings (SSSR count). The van der Waals surface area contributed by atoms with E-state index in [1.807, 2.05) is 13.8 Å². The van der Waals surface area contributed by atoms with Crippen LogP contribution in [0.25, 0.3) is 0 Å². The highest BCUT2D eigenvalue weighted by Gasteiger charge is 2.08. The van der Waals surface area contributed by atoms with Crippen molar-refractivity contribution in [2.45, 2.75) is 26.4 Å². The molecule has 0 saturated heterocycles. The highest BCUT2D eigenvalue weighted by Crippen LogP contribution is 2.20. The van der Waals surface area contributed by atoms with E-state index in [9.17, 15) is 4.79 Å². The molecular formula is C11H14ClNO2. The predicted octanol–water partition coefficient (Wildman–Crippen LogP) is 3.69. The van der Waals surface area contributed by atoms with Gasteiger partial charge in [0.1, 0.15) is 6.10 Å². The molecule has 1 atom stereocenters. The van der Waals surface area contributed by atoms with Crippen LogP contribution in [0.2, 0.25) is 5.02 Å². The molecule has 0 heterocycles. The molecule has 0 radical (unpaired) electrons. The SMILES string of the molecule is CC[C@@H](C)OC(=O)Nc1ccccc1Cl. The van der Waals surface area contributed by atoms with Gasteiger partial charge in [0, 0.05) is 0 Å². The molecule has 1 N–H and O–H groups in total. The summed E-state index contributed by atoms with van der Waals surface area (Å²) in [5, 5.41) is 3.08. The third kappa shape index (κ3) is 3.80. The van der Waals surface area contributed by atoms with Crippen LogP contribution >= 0.6 is 11.6 Å². The van der Waals surface area contributed by atoms with E-state index in [0.29, 0.717) is 10.7 Å². The van der Waals surface area contributed by atoms with Gasteiger partial charge in [-0.3, -0.25) is 5.32 Å². The minimum Gasteiger partial charge on any atom is -0.446 e. The maximum Gasteiger partial charge on any atom is 0.411 e. The number of anilines is 1. The Bertz CT molecular complexity index is 341. The molecule has 0 spiro atoms. The molecule has 0 aliphatic heterocycles. The molecular weight excluding hydrogens is 214 g/mol. The topological polar surface area (TPSA) is 38.3 Å². The van der Waals surface area contributed by atoms with Crippen LogP contribution in [0.4, 0.5) is 10.5 Å². The first-order chi connectivity index (χ1) is 7.13. The largest absolute Gasteiger partial charge is 0.446 e. The zero-order valence-corrected chi connectivity index (χ0v) is 9.54. The molecule has 15 heavy (non-hydrogen) atoms. The van der Waals surface area contributed by atoms with Crippen LogP contribution in [0.1, 0.15) is 20.3 Å². The molecule has 1 aromatic rings. The molecule has 82 valence electrons. The number of para-hydroxylation sites is 1. The second-order valence-electron chi connectivity index (χ2n) is 3.23. The first kappa shape index (κ1) is 11.9. The summed E-state index contributed by atoms with van der Waals surface area (Å²) in [6, 6.07) is 7.03. The van der Waals surface area contributed by atoms with Crippen molar-refractivity contribution < 1.29 is 9.53 Å². The van der Waals surface area contributed by atoms with Gasteiger partial charge < -0.3 is 4.74 Å². The van der Waals surface area contributed by atoms with Gasteiger partial charge in [0.2, 0.25) is 0 Å². The summed E-state index contributed by atoms with van der Waals surface area (Å²) in [7, 11) is 0. The lowest BCUT2D eigenvalue weighted by atomic mass is 10.3. The monoisotopic (exact) mass is 227 g/mol. The van der Waals surface area contributed by atoms with E-state index < -0.39 is 6.09 Å². The Kier molecular flexibility index (Phi) is 4.43. The molecule has 1 aromatic carbocycles. The summed E-state index contributed by atoms with van der Waals surface area (Å²) < 4.78 is 5.05. The number of hydrogen-bond acceptors (Lipinski definition) is 2. The summed E-state index contributed by atoms with van der Waals surface area (Å²) in [6.07, 6.45) is 0.223. The number of hydrogen-bond donors (Lipinski definition) is 1. The van der Waals surface area contributed by atoms with E-state index >= 15 is 0 Å². The van der Waals surface area contributed by atoms with Gasteiger partial charge in [-0.05, 0) is 25.5 Å². The summed E-state index contributed by atoms with van der Waals surface area (Å²) >= 11 is 5.87. The quantitative estimate of drug-likeness (QED) is 0.855. The van der Waals surface area contributed by atoms with Crippen LogP contribution in [-0.4, -0.2) is 12.2 Å². The molecule has 0 saturated carbocycles. The Morgan fingerprint density at radius 3 is 2.80 bits per heavy atom. The van der Waals surface area contributed by atoms with Crippen LogP contribution in [0.5, 0.6) is 0 Å². The van der Waals surface area contributed by atoms with E-state index in [1.165, 1.54) is 0 Å². The van der Waals surface area contributed by atoms with E-state index in [4.69, 9.17) is 16.3 Å². The van der Waals surface area contributed by atoms with Gasteiger partial charge in [0.25, 0.3) is 0 Å². The third-order valence-electron chi connectivity index (χ3n) is 1.99. The fraction of sp³-hybridized carbons (Fsp3) is 0.364. The van der Waals surface area contributed by atoms with Crippen molar-refractivity contribution in [2.24, 2.45) is 0 Å². The molecule has 0 aliphatic carbocycles. The first-order valence-electron chi connectivity index (χ1n) is 4.85. The smallest absolute Gasteiger partial charge is 0.411 e.